The van der Waals surface area contributed by atoms with Gasteiger partial charge in [-0.2, -0.15) is 0 Å². The summed E-state index contributed by atoms with van der Waals surface area (Å²) < 4.78 is 26.4. The first-order valence-corrected chi connectivity index (χ1v) is 10.9. The highest BCUT2D eigenvalue weighted by atomic mass is 127. The number of hydrogen-bond donors (Lipinski definition) is 1. The van der Waals surface area contributed by atoms with Crippen molar-refractivity contribution >= 4 is 38.2 Å². The summed E-state index contributed by atoms with van der Waals surface area (Å²) >= 11 is 2.27. The molecule has 126 valence electrons. The van der Waals surface area contributed by atoms with E-state index >= 15 is 0 Å². The standard InChI is InChI=1S/C18H18INO3S/c1-10-5-6-11(9-12(10)19)16-17-13(3-2-4-15(17)21)20-14-7-8-24(22,23)18(14)16/h5-6,9,16,20H,2-4,7-8H2,1H3. The van der Waals surface area contributed by atoms with Crippen LogP contribution in [-0.2, 0) is 14.6 Å². The number of sulfone groups is 1. The largest absolute Gasteiger partial charge is 0.361 e. The third-order valence-corrected chi connectivity index (χ3v) is 8.15. The number of hydrogen-bond acceptors (Lipinski definition) is 4. The minimum absolute atomic E-state index is 0.0815. The zero-order valence-corrected chi connectivity index (χ0v) is 16.3. The molecule has 1 N–H and O–H groups in total. The van der Waals surface area contributed by atoms with Gasteiger partial charge in [0, 0.05) is 33.4 Å². The Labute approximate surface area is 155 Å². The zero-order valence-electron chi connectivity index (χ0n) is 13.4. The number of halogens is 1. The van der Waals surface area contributed by atoms with Gasteiger partial charge in [0.15, 0.2) is 15.6 Å². The van der Waals surface area contributed by atoms with Gasteiger partial charge in [0.1, 0.15) is 0 Å². The van der Waals surface area contributed by atoms with E-state index in [-0.39, 0.29) is 11.5 Å². The Hall–Kier alpha value is -1.15. The third kappa shape index (κ3) is 2.45. The minimum atomic E-state index is -3.31. The Morgan fingerprint density at radius 1 is 1.17 bits per heavy atom. The fraction of sp³-hybridized carbons (Fsp3) is 0.389. The summed E-state index contributed by atoms with van der Waals surface area (Å²) in [5.74, 6) is -0.220. The predicted octanol–water partition coefficient (Wildman–Crippen LogP) is 3.32. The van der Waals surface area contributed by atoms with Crippen LogP contribution in [0.4, 0.5) is 0 Å². The lowest BCUT2D eigenvalue weighted by molar-refractivity contribution is -0.116. The average Bonchev–Trinajstić information content (AvgIpc) is 2.84. The molecule has 4 nitrogen and oxygen atoms in total. The van der Waals surface area contributed by atoms with Crippen LogP contribution in [0.3, 0.4) is 0 Å². The molecule has 0 fully saturated rings. The van der Waals surface area contributed by atoms with Crippen molar-refractivity contribution in [1.82, 2.24) is 5.32 Å². The van der Waals surface area contributed by atoms with Crippen LogP contribution in [-0.4, -0.2) is 20.0 Å². The monoisotopic (exact) mass is 455 g/mol. The minimum Gasteiger partial charge on any atom is -0.361 e. The zero-order chi connectivity index (χ0) is 17.1. The summed E-state index contributed by atoms with van der Waals surface area (Å²) in [6, 6.07) is 6.00. The van der Waals surface area contributed by atoms with Crippen molar-refractivity contribution in [2.45, 2.75) is 38.5 Å². The van der Waals surface area contributed by atoms with Crippen LogP contribution < -0.4 is 5.32 Å². The average molecular weight is 455 g/mol. The molecule has 6 heteroatoms. The molecule has 0 bridgehead atoms. The maximum Gasteiger partial charge on any atom is 0.177 e. The molecule has 1 aliphatic carbocycles. The van der Waals surface area contributed by atoms with Crippen LogP contribution in [0, 0.1) is 10.5 Å². The number of dihydropyridines is 1. The molecule has 0 amide bonds. The van der Waals surface area contributed by atoms with Gasteiger partial charge in [-0.05, 0) is 59.5 Å². The quantitative estimate of drug-likeness (QED) is 0.661. The lowest BCUT2D eigenvalue weighted by Crippen LogP contribution is -2.32. The lowest BCUT2D eigenvalue weighted by Gasteiger charge is -2.33. The van der Waals surface area contributed by atoms with Gasteiger partial charge in [-0.25, -0.2) is 8.42 Å². The summed E-state index contributed by atoms with van der Waals surface area (Å²) in [6.45, 7) is 2.03. The first kappa shape index (κ1) is 16.3. The molecule has 0 spiro atoms. The molecule has 1 unspecified atom stereocenters. The number of Topliss-reactive ketones (excluding diaryl/α,β-unsaturated/α-hetero) is 1. The van der Waals surface area contributed by atoms with Crippen LogP contribution in [0.2, 0.25) is 0 Å². The van der Waals surface area contributed by atoms with Gasteiger partial charge in [-0.15, -0.1) is 0 Å². The second-order valence-electron chi connectivity index (χ2n) is 6.65. The fourth-order valence-electron chi connectivity index (χ4n) is 3.88. The Balaban J connectivity index is 1.96. The number of carbonyl (C=O) groups excluding carboxylic acids is 1. The molecule has 2 aliphatic heterocycles. The van der Waals surface area contributed by atoms with Gasteiger partial charge in [0.05, 0.1) is 16.6 Å². The van der Waals surface area contributed by atoms with Crippen molar-refractivity contribution in [3.63, 3.8) is 0 Å². The molecular weight excluding hydrogens is 437 g/mol. The van der Waals surface area contributed by atoms with E-state index in [0.717, 1.165) is 38.9 Å². The van der Waals surface area contributed by atoms with Gasteiger partial charge in [0.2, 0.25) is 0 Å². The van der Waals surface area contributed by atoms with Crippen LogP contribution in [0.5, 0.6) is 0 Å². The molecule has 0 aromatic heterocycles. The van der Waals surface area contributed by atoms with E-state index in [2.05, 4.69) is 27.9 Å². The van der Waals surface area contributed by atoms with Crippen LogP contribution >= 0.6 is 22.6 Å². The van der Waals surface area contributed by atoms with Gasteiger partial charge in [0.25, 0.3) is 0 Å². The van der Waals surface area contributed by atoms with Crippen molar-refractivity contribution in [3.05, 3.63) is 54.8 Å². The number of benzene rings is 1. The smallest absolute Gasteiger partial charge is 0.177 e. The van der Waals surface area contributed by atoms with Crippen LogP contribution in [0.1, 0.15) is 42.7 Å². The van der Waals surface area contributed by atoms with E-state index in [4.69, 9.17) is 0 Å². The van der Waals surface area contributed by atoms with Crippen LogP contribution in [0.25, 0.3) is 0 Å². The number of nitrogens with one attached hydrogen (secondary N) is 1. The second kappa shape index (κ2) is 5.69. The van der Waals surface area contributed by atoms with Crippen molar-refractivity contribution in [2.75, 3.05) is 5.75 Å². The highest BCUT2D eigenvalue weighted by Gasteiger charge is 2.44. The molecule has 3 aliphatic rings. The summed E-state index contributed by atoms with van der Waals surface area (Å²) in [4.78, 5) is 13.1. The Kier molecular flexibility index (Phi) is 3.87. The predicted molar refractivity (Wildman–Crippen MR) is 101 cm³/mol. The number of allylic oxidation sites excluding steroid dienone is 4. The normalized spacial score (nSPS) is 25.4. The van der Waals surface area contributed by atoms with Crippen molar-refractivity contribution < 1.29 is 13.2 Å². The van der Waals surface area contributed by atoms with Crippen LogP contribution in [0.15, 0.2) is 40.1 Å². The van der Waals surface area contributed by atoms with E-state index in [1.54, 1.807) is 0 Å². The first-order valence-electron chi connectivity index (χ1n) is 8.13. The molecule has 0 saturated heterocycles. The summed E-state index contributed by atoms with van der Waals surface area (Å²) in [6.07, 6.45) is 2.67. The molecule has 0 saturated carbocycles. The Bertz CT molecular complexity index is 928. The van der Waals surface area contributed by atoms with Gasteiger partial charge >= 0.3 is 0 Å². The number of carbonyl (C=O) groups is 1. The maximum absolute atomic E-state index is 12.7. The van der Waals surface area contributed by atoms with Gasteiger partial charge in [-0.3, -0.25) is 4.79 Å². The van der Waals surface area contributed by atoms with E-state index in [9.17, 15) is 13.2 Å². The molecule has 1 aromatic carbocycles. The number of ketones is 1. The lowest BCUT2D eigenvalue weighted by atomic mass is 9.79. The Morgan fingerprint density at radius 3 is 2.71 bits per heavy atom. The molecule has 0 radical (unpaired) electrons. The molecule has 1 aromatic rings. The summed E-state index contributed by atoms with van der Waals surface area (Å²) in [5.41, 5.74) is 4.46. The second-order valence-corrected chi connectivity index (χ2v) is 9.89. The molecule has 1 atom stereocenters. The highest BCUT2D eigenvalue weighted by molar-refractivity contribution is 14.1. The number of aryl methyl sites for hydroxylation is 1. The SMILES string of the molecule is Cc1ccc(C2C3=C(CCCC3=O)NC3=C2S(=O)(=O)CC3)cc1I. The molecular formula is C18H18INO3S. The van der Waals surface area contributed by atoms with E-state index in [0.29, 0.717) is 23.3 Å². The molecule has 24 heavy (non-hydrogen) atoms. The maximum atomic E-state index is 12.7. The van der Waals surface area contributed by atoms with Gasteiger partial charge < -0.3 is 5.32 Å². The Morgan fingerprint density at radius 2 is 1.96 bits per heavy atom. The van der Waals surface area contributed by atoms with Crippen molar-refractivity contribution in [3.8, 4) is 0 Å². The molecule has 4 rings (SSSR count). The summed E-state index contributed by atoms with van der Waals surface area (Å²) in [5, 5.41) is 3.29. The van der Waals surface area contributed by atoms with Gasteiger partial charge in [-0.1, -0.05) is 12.1 Å². The van der Waals surface area contributed by atoms with E-state index in [1.165, 1.54) is 0 Å². The van der Waals surface area contributed by atoms with Crippen molar-refractivity contribution in [1.29, 1.82) is 0 Å². The van der Waals surface area contributed by atoms with E-state index in [1.807, 2.05) is 25.1 Å². The molecule has 2 heterocycles. The fourth-order valence-corrected chi connectivity index (χ4v) is 6.26. The topological polar surface area (TPSA) is 63.2 Å². The highest BCUT2D eigenvalue weighted by Crippen LogP contribution is 2.47. The van der Waals surface area contributed by atoms with E-state index < -0.39 is 15.8 Å². The number of rotatable bonds is 1. The summed E-state index contributed by atoms with van der Waals surface area (Å²) in [7, 11) is -3.31. The van der Waals surface area contributed by atoms with Crippen molar-refractivity contribution in [2.24, 2.45) is 0 Å². The third-order valence-electron chi connectivity index (χ3n) is 5.09. The first-order chi connectivity index (χ1) is 11.4.